The molecular weight excluding hydrogens is 823 g/mol. The zero-order chi connectivity index (χ0) is 46.3. The molecule has 0 aromatic heterocycles. The number of hydrogen-bond donors (Lipinski definition) is 3. The van der Waals surface area contributed by atoms with Crippen molar-refractivity contribution in [2.24, 2.45) is 29.4 Å². The molecule has 2 bridgehead atoms. The number of nitrogens with two attached hydrogens (primary N) is 1. The van der Waals surface area contributed by atoms with Gasteiger partial charge in [0.25, 0.3) is 0 Å². The highest BCUT2D eigenvalue weighted by atomic mass is 16.7. The molecule has 4 N–H and O–H groups in total. The number of carbonyl (C=O) groups excluding carboxylic acids is 1. The van der Waals surface area contributed by atoms with Gasteiger partial charge in [0.2, 0.25) is 0 Å². The average molecular weight is 896 g/mol. The molecule has 7 rings (SSSR count). The van der Waals surface area contributed by atoms with E-state index in [9.17, 15) is 15.0 Å². The first-order valence-corrected chi connectivity index (χ1v) is 23.3. The van der Waals surface area contributed by atoms with E-state index < -0.39 is 102 Å². The van der Waals surface area contributed by atoms with Crippen molar-refractivity contribution in [3.05, 3.63) is 59.3 Å². The van der Waals surface area contributed by atoms with Gasteiger partial charge in [0.15, 0.2) is 18.4 Å². The highest BCUT2D eigenvalue weighted by Gasteiger charge is 2.60. The Morgan fingerprint density at radius 1 is 0.984 bits per heavy atom. The van der Waals surface area contributed by atoms with Crippen molar-refractivity contribution in [2.45, 2.75) is 191 Å². The number of esters is 1. The van der Waals surface area contributed by atoms with Crippen LogP contribution >= 0.6 is 0 Å². The zero-order valence-electron chi connectivity index (χ0n) is 39.3. The maximum absolute atomic E-state index is 14.4. The highest BCUT2D eigenvalue weighted by molar-refractivity contribution is 5.78. The van der Waals surface area contributed by atoms with Gasteiger partial charge in [-0.25, -0.2) is 0 Å². The summed E-state index contributed by atoms with van der Waals surface area (Å²) in [6.45, 7) is 16.1. The molecule has 2 unspecified atom stereocenters. The van der Waals surface area contributed by atoms with Gasteiger partial charge in [-0.1, -0.05) is 76.5 Å². The molecule has 20 atom stereocenters. The van der Waals surface area contributed by atoms with E-state index in [4.69, 9.17) is 59.5 Å². The fourth-order valence-electron chi connectivity index (χ4n) is 10.8. The predicted molar refractivity (Wildman–Crippen MR) is 237 cm³/mol. The van der Waals surface area contributed by atoms with Crippen LogP contribution in [0.3, 0.4) is 0 Å². The zero-order valence-corrected chi connectivity index (χ0v) is 39.3. The second kappa shape index (κ2) is 19.8. The quantitative estimate of drug-likeness (QED) is 0.162. The van der Waals surface area contributed by atoms with Crippen LogP contribution in [0, 0.1) is 36.0 Å². The van der Waals surface area contributed by atoms with Gasteiger partial charge in [0, 0.05) is 51.7 Å². The van der Waals surface area contributed by atoms with Crippen molar-refractivity contribution in [1.82, 2.24) is 0 Å². The SMILES string of the molecule is C#C[C@@]1(N)[C@H](C)O[C@@H](O[C@H]2[C@H](C)O[C@@H](O[C@@H]3/C(C)=C/C[C@@H]4C[C@@H](C[C@]5(C=C[C@H](C)[C@@H](C(C)CC)O5)O4)OC(=O)[C@@H]4C=C(C)[C@@H](O)[C@H]5OC/C(=C\C=C\C3C)[C@]54O)C[C@@H]2OC)C[C@@H]1OC. The van der Waals surface area contributed by atoms with Crippen LogP contribution < -0.4 is 5.73 Å². The van der Waals surface area contributed by atoms with Crippen molar-refractivity contribution >= 4 is 5.97 Å². The number of methoxy groups -OCH3 is 2. The number of allylic oxidation sites excluding steroid dienone is 2. The molecule has 0 radical (unpaired) electrons. The van der Waals surface area contributed by atoms with E-state index in [-0.39, 0.29) is 30.5 Å². The Morgan fingerprint density at radius 2 is 1.73 bits per heavy atom. The molecule has 0 aromatic rings. The number of aliphatic hydroxyl groups is 2. The first-order valence-electron chi connectivity index (χ1n) is 23.3. The third-order valence-electron chi connectivity index (χ3n) is 15.1. The van der Waals surface area contributed by atoms with Gasteiger partial charge in [-0.05, 0) is 62.8 Å². The van der Waals surface area contributed by atoms with Crippen LogP contribution in [0.25, 0.3) is 0 Å². The van der Waals surface area contributed by atoms with E-state index in [1.54, 1.807) is 33.3 Å². The molecule has 4 saturated heterocycles. The summed E-state index contributed by atoms with van der Waals surface area (Å²) < 4.78 is 64.2. The largest absolute Gasteiger partial charge is 0.462 e. The molecule has 0 saturated carbocycles. The molecular formula is C50H73NO13. The van der Waals surface area contributed by atoms with E-state index in [2.05, 4.69) is 45.8 Å². The van der Waals surface area contributed by atoms with Gasteiger partial charge in [-0.15, -0.1) is 6.42 Å². The van der Waals surface area contributed by atoms with Crippen molar-refractivity contribution in [2.75, 3.05) is 20.8 Å². The molecule has 356 valence electrons. The van der Waals surface area contributed by atoms with Gasteiger partial charge in [0.05, 0.1) is 49.3 Å². The van der Waals surface area contributed by atoms with E-state index >= 15 is 0 Å². The van der Waals surface area contributed by atoms with Gasteiger partial charge < -0.3 is 63.3 Å². The van der Waals surface area contributed by atoms with Gasteiger partial charge in [0.1, 0.15) is 41.5 Å². The average Bonchev–Trinajstić information content (AvgIpc) is 3.61. The summed E-state index contributed by atoms with van der Waals surface area (Å²) in [6.07, 6.45) is 14.8. The third-order valence-corrected chi connectivity index (χ3v) is 15.1. The van der Waals surface area contributed by atoms with E-state index in [0.717, 1.165) is 12.0 Å². The number of hydrogen-bond acceptors (Lipinski definition) is 14. The predicted octanol–water partition coefficient (Wildman–Crippen LogP) is 5.35. The molecule has 7 aliphatic rings. The summed E-state index contributed by atoms with van der Waals surface area (Å²) in [4.78, 5) is 14.4. The maximum Gasteiger partial charge on any atom is 0.316 e. The smallest absolute Gasteiger partial charge is 0.316 e. The summed E-state index contributed by atoms with van der Waals surface area (Å²) in [5, 5.41) is 23.8. The van der Waals surface area contributed by atoms with Gasteiger partial charge in [-0.3, -0.25) is 4.79 Å². The lowest BCUT2D eigenvalue weighted by molar-refractivity contribution is -0.314. The molecule has 14 nitrogen and oxygen atoms in total. The van der Waals surface area contributed by atoms with Crippen molar-refractivity contribution in [3.63, 3.8) is 0 Å². The summed E-state index contributed by atoms with van der Waals surface area (Å²) in [5.74, 6) is 0.0694. The fraction of sp³-hybridized carbons (Fsp3) is 0.740. The van der Waals surface area contributed by atoms with Gasteiger partial charge >= 0.3 is 5.97 Å². The summed E-state index contributed by atoms with van der Waals surface area (Å²) in [7, 11) is 3.23. The van der Waals surface area contributed by atoms with Crippen LogP contribution in [0.2, 0.25) is 0 Å². The third kappa shape index (κ3) is 9.53. The van der Waals surface area contributed by atoms with Crippen LogP contribution in [0.4, 0.5) is 0 Å². The van der Waals surface area contributed by atoms with Crippen molar-refractivity contribution < 1.29 is 62.4 Å². The first kappa shape index (κ1) is 49.2. The molecule has 6 heterocycles. The molecule has 64 heavy (non-hydrogen) atoms. The second-order valence-corrected chi connectivity index (χ2v) is 19.4. The Hall–Kier alpha value is -2.75. The first-order chi connectivity index (χ1) is 30.4. The topological polar surface area (TPSA) is 176 Å². The molecule has 0 amide bonds. The van der Waals surface area contributed by atoms with Crippen molar-refractivity contribution in [1.29, 1.82) is 0 Å². The Labute approximate surface area is 379 Å². The Kier molecular flexibility index (Phi) is 15.2. The van der Waals surface area contributed by atoms with Crippen LogP contribution in [-0.2, 0) is 52.2 Å². The lowest BCUT2D eigenvalue weighted by Crippen LogP contribution is -2.64. The van der Waals surface area contributed by atoms with Crippen LogP contribution in [-0.4, -0.2) is 134 Å². The standard InChI is InChI=1S/C50H73NO13/c1-12-27(3)44-30(6)19-20-48(64-44)25-36-22-35(63-48)18-17-29(5)43(28(4)15-14-16-34-26-57-46-42(52)31(7)21-37(47(53)60-36)50(34,46)54)61-40-23-38(55-10)45(32(8)58-40)62-41-24-39(56-11)49(51,13-2)33(9)59-41/h2,14-17,19-21,27-28,30,32-33,35-46,52,54H,12,18,22-26,51H2,1,3-11H3/b15-14+,29-17+,34-16+/t27?,28?,30-,32-,33-,35+,36-,37-,38-,39-,40-,41-,42+,43-,44+,45-,46+,48+,49+,50+/m0/s1. The molecule has 6 aliphatic heterocycles. The fourth-order valence-corrected chi connectivity index (χ4v) is 10.8. The molecule has 0 aromatic carbocycles. The van der Waals surface area contributed by atoms with Crippen LogP contribution in [0.15, 0.2) is 59.3 Å². The van der Waals surface area contributed by atoms with Crippen LogP contribution in [0.5, 0.6) is 0 Å². The summed E-state index contributed by atoms with van der Waals surface area (Å²) in [5.41, 5.74) is 5.53. The monoisotopic (exact) mass is 896 g/mol. The Bertz CT molecular complexity index is 1870. The minimum atomic E-state index is -1.84. The lowest BCUT2D eigenvalue weighted by atomic mass is 9.71. The second-order valence-electron chi connectivity index (χ2n) is 19.4. The molecule has 1 aliphatic carbocycles. The number of terminal acetylenes is 1. The van der Waals surface area contributed by atoms with E-state index in [1.807, 2.05) is 39.0 Å². The van der Waals surface area contributed by atoms with E-state index in [1.165, 1.54) is 0 Å². The van der Waals surface area contributed by atoms with E-state index in [0.29, 0.717) is 43.3 Å². The van der Waals surface area contributed by atoms with Crippen LogP contribution in [0.1, 0.15) is 93.9 Å². The van der Waals surface area contributed by atoms with Crippen molar-refractivity contribution in [3.8, 4) is 12.3 Å². The summed E-state index contributed by atoms with van der Waals surface area (Å²) in [6, 6.07) is 0. The number of aliphatic hydroxyl groups excluding tert-OH is 1. The molecule has 1 spiro atoms. The number of ether oxygens (including phenoxy) is 10. The summed E-state index contributed by atoms with van der Waals surface area (Å²) >= 11 is 0. The minimum Gasteiger partial charge on any atom is -0.462 e. The maximum atomic E-state index is 14.4. The Morgan fingerprint density at radius 3 is 2.44 bits per heavy atom. The number of carbonyl (C=O) groups is 1. The molecule has 14 heteroatoms. The minimum absolute atomic E-state index is 0.0281. The number of fused-ring (bicyclic) bond motifs is 2. The Balaban J connectivity index is 1.18. The normalized spacial score (nSPS) is 49.0. The van der Waals surface area contributed by atoms with Gasteiger partial charge in [-0.2, -0.15) is 0 Å². The number of rotatable bonds is 8. The lowest BCUT2D eigenvalue weighted by Gasteiger charge is -2.48. The molecule has 4 fully saturated rings. The highest BCUT2D eigenvalue weighted by Crippen LogP contribution is 2.47.